The highest BCUT2D eigenvalue weighted by Gasteiger charge is 2.22. The van der Waals surface area contributed by atoms with Crippen LogP contribution in [0, 0.1) is 5.92 Å². The average molecular weight is 256 g/mol. The van der Waals surface area contributed by atoms with Gasteiger partial charge in [0.05, 0.1) is 6.54 Å². The van der Waals surface area contributed by atoms with E-state index in [1.54, 1.807) is 17.0 Å². The van der Waals surface area contributed by atoms with Crippen LogP contribution in [-0.4, -0.2) is 9.13 Å². The van der Waals surface area contributed by atoms with E-state index in [0.717, 1.165) is 5.56 Å². The van der Waals surface area contributed by atoms with Crippen LogP contribution >= 0.6 is 0 Å². The van der Waals surface area contributed by atoms with Crippen LogP contribution in [0.3, 0.4) is 0 Å². The molecule has 4 nitrogen and oxygen atoms in total. The van der Waals surface area contributed by atoms with Gasteiger partial charge in [-0.2, -0.15) is 0 Å². The molecule has 1 saturated carbocycles. The molecule has 1 aliphatic carbocycles. The Balaban J connectivity index is 1.88. The van der Waals surface area contributed by atoms with Gasteiger partial charge in [0, 0.05) is 18.9 Å². The predicted octanol–water partition coefficient (Wildman–Crippen LogP) is 1.47. The van der Waals surface area contributed by atoms with Crippen LogP contribution in [0.4, 0.5) is 0 Å². The Labute approximate surface area is 110 Å². The second kappa shape index (κ2) is 4.88. The second-order valence-electron chi connectivity index (χ2n) is 5.12. The largest absolute Gasteiger partial charge is 0.316 e. The molecule has 0 atom stereocenters. The molecule has 2 aromatic rings. The molecular weight excluding hydrogens is 240 g/mol. The van der Waals surface area contributed by atoms with Crippen LogP contribution in [0.1, 0.15) is 18.4 Å². The number of hydrogen-bond acceptors (Lipinski definition) is 2. The average Bonchev–Trinajstić information content (AvgIpc) is 3.24. The molecule has 19 heavy (non-hydrogen) atoms. The normalized spacial score (nSPS) is 14.5. The van der Waals surface area contributed by atoms with Gasteiger partial charge in [0.25, 0.3) is 0 Å². The predicted molar refractivity (Wildman–Crippen MR) is 73.2 cm³/mol. The van der Waals surface area contributed by atoms with Crippen LogP contribution in [0.25, 0.3) is 0 Å². The molecule has 0 aliphatic heterocycles. The maximum absolute atomic E-state index is 12.0. The molecule has 0 radical (unpaired) electrons. The maximum atomic E-state index is 12.0. The molecule has 0 spiro atoms. The Morgan fingerprint density at radius 3 is 2.26 bits per heavy atom. The van der Waals surface area contributed by atoms with Gasteiger partial charge >= 0.3 is 11.1 Å². The summed E-state index contributed by atoms with van der Waals surface area (Å²) >= 11 is 0. The van der Waals surface area contributed by atoms with E-state index in [1.165, 1.54) is 17.4 Å². The van der Waals surface area contributed by atoms with Crippen molar-refractivity contribution in [1.82, 2.24) is 9.13 Å². The summed E-state index contributed by atoms with van der Waals surface area (Å²) in [7, 11) is 0. The van der Waals surface area contributed by atoms with Crippen molar-refractivity contribution in [2.45, 2.75) is 25.9 Å². The monoisotopic (exact) mass is 256 g/mol. The van der Waals surface area contributed by atoms with Gasteiger partial charge in [-0.1, -0.05) is 30.3 Å². The fourth-order valence-corrected chi connectivity index (χ4v) is 2.17. The van der Waals surface area contributed by atoms with Crippen LogP contribution in [0.2, 0.25) is 0 Å². The third kappa shape index (κ3) is 2.67. The van der Waals surface area contributed by atoms with Gasteiger partial charge in [-0.15, -0.1) is 0 Å². The van der Waals surface area contributed by atoms with Gasteiger partial charge in [0.2, 0.25) is 0 Å². The number of benzene rings is 1. The highest BCUT2D eigenvalue weighted by Crippen LogP contribution is 2.29. The lowest BCUT2D eigenvalue weighted by Crippen LogP contribution is -2.41. The SMILES string of the molecule is O=c1c(=O)n(CC2CC2)ccn1Cc1ccccc1. The van der Waals surface area contributed by atoms with Crippen LogP contribution in [-0.2, 0) is 13.1 Å². The third-order valence-electron chi connectivity index (χ3n) is 3.48. The lowest BCUT2D eigenvalue weighted by atomic mass is 10.2. The molecule has 0 unspecified atom stereocenters. The lowest BCUT2D eigenvalue weighted by Gasteiger charge is -2.08. The maximum Gasteiger partial charge on any atom is 0.316 e. The van der Waals surface area contributed by atoms with Gasteiger partial charge in [0.1, 0.15) is 0 Å². The Morgan fingerprint density at radius 1 is 0.947 bits per heavy atom. The van der Waals surface area contributed by atoms with E-state index in [4.69, 9.17) is 0 Å². The lowest BCUT2D eigenvalue weighted by molar-refractivity contribution is 0.578. The summed E-state index contributed by atoms with van der Waals surface area (Å²) in [6.07, 6.45) is 5.77. The van der Waals surface area contributed by atoms with Gasteiger partial charge in [-0.25, -0.2) is 0 Å². The van der Waals surface area contributed by atoms with E-state index in [0.29, 0.717) is 19.0 Å². The molecule has 4 heteroatoms. The van der Waals surface area contributed by atoms with E-state index in [-0.39, 0.29) is 0 Å². The van der Waals surface area contributed by atoms with E-state index in [1.807, 2.05) is 30.3 Å². The summed E-state index contributed by atoms with van der Waals surface area (Å²) in [5, 5.41) is 0. The zero-order valence-corrected chi connectivity index (χ0v) is 10.7. The molecule has 0 N–H and O–H groups in total. The minimum atomic E-state index is -0.438. The summed E-state index contributed by atoms with van der Waals surface area (Å²) in [6.45, 7) is 1.12. The summed E-state index contributed by atoms with van der Waals surface area (Å²) in [4.78, 5) is 24.0. The molecule has 3 rings (SSSR count). The molecule has 1 aromatic heterocycles. The van der Waals surface area contributed by atoms with Gasteiger partial charge < -0.3 is 9.13 Å². The first-order valence-corrected chi connectivity index (χ1v) is 6.58. The van der Waals surface area contributed by atoms with Crippen molar-refractivity contribution in [1.29, 1.82) is 0 Å². The highest BCUT2D eigenvalue weighted by molar-refractivity contribution is 5.15. The van der Waals surface area contributed by atoms with Crippen molar-refractivity contribution >= 4 is 0 Å². The van der Waals surface area contributed by atoms with Crippen molar-refractivity contribution in [2.75, 3.05) is 0 Å². The smallest absolute Gasteiger partial charge is 0.309 e. The van der Waals surface area contributed by atoms with E-state index < -0.39 is 11.1 Å². The van der Waals surface area contributed by atoms with E-state index >= 15 is 0 Å². The first kappa shape index (κ1) is 12.0. The highest BCUT2D eigenvalue weighted by atomic mass is 16.2. The topological polar surface area (TPSA) is 44.0 Å². The number of rotatable bonds is 4. The first-order chi connectivity index (χ1) is 9.24. The van der Waals surface area contributed by atoms with Crippen molar-refractivity contribution < 1.29 is 0 Å². The summed E-state index contributed by atoms with van der Waals surface area (Å²) in [6, 6.07) is 9.67. The summed E-state index contributed by atoms with van der Waals surface area (Å²) in [5.74, 6) is 0.585. The quantitative estimate of drug-likeness (QED) is 0.777. The Morgan fingerprint density at radius 2 is 1.58 bits per heavy atom. The Bertz CT molecular complexity index is 681. The molecule has 1 fully saturated rings. The van der Waals surface area contributed by atoms with Crippen LogP contribution in [0.5, 0.6) is 0 Å². The second-order valence-corrected chi connectivity index (χ2v) is 5.12. The zero-order chi connectivity index (χ0) is 13.2. The fourth-order valence-electron chi connectivity index (χ4n) is 2.17. The molecular formula is C15H16N2O2. The molecule has 98 valence electrons. The van der Waals surface area contributed by atoms with Gasteiger partial charge in [-0.05, 0) is 24.3 Å². The summed E-state index contributed by atoms with van der Waals surface area (Å²) in [5.41, 5.74) is 0.168. The number of hydrogen-bond donors (Lipinski definition) is 0. The zero-order valence-electron chi connectivity index (χ0n) is 10.7. The molecule has 1 heterocycles. The fraction of sp³-hybridized carbons (Fsp3) is 0.333. The van der Waals surface area contributed by atoms with Crippen molar-refractivity contribution in [3.63, 3.8) is 0 Å². The third-order valence-corrected chi connectivity index (χ3v) is 3.48. The van der Waals surface area contributed by atoms with Crippen molar-refractivity contribution in [2.24, 2.45) is 5.92 Å². The number of nitrogens with zero attached hydrogens (tertiary/aromatic N) is 2. The molecule has 0 saturated heterocycles. The van der Waals surface area contributed by atoms with Crippen LogP contribution in [0.15, 0.2) is 52.3 Å². The van der Waals surface area contributed by atoms with Gasteiger partial charge in [0.15, 0.2) is 0 Å². The molecule has 0 amide bonds. The van der Waals surface area contributed by atoms with E-state index in [2.05, 4.69) is 0 Å². The summed E-state index contributed by atoms with van der Waals surface area (Å²) < 4.78 is 3.02. The molecule has 0 bridgehead atoms. The minimum absolute atomic E-state index is 0.412. The minimum Gasteiger partial charge on any atom is -0.309 e. The standard InChI is InChI=1S/C15H16N2O2/c18-14-15(19)17(11-13-6-7-13)9-8-16(14)10-12-4-2-1-3-5-12/h1-5,8-9,13H,6-7,10-11H2. The van der Waals surface area contributed by atoms with Crippen molar-refractivity contribution in [3.05, 3.63) is 69.0 Å². The van der Waals surface area contributed by atoms with E-state index in [9.17, 15) is 9.59 Å². The molecule has 1 aromatic carbocycles. The Hall–Kier alpha value is -2.10. The number of aromatic nitrogens is 2. The van der Waals surface area contributed by atoms with Crippen LogP contribution < -0.4 is 11.1 Å². The van der Waals surface area contributed by atoms with Crippen molar-refractivity contribution in [3.8, 4) is 0 Å². The van der Waals surface area contributed by atoms with Gasteiger partial charge in [-0.3, -0.25) is 9.59 Å². The Kier molecular flexibility index (Phi) is 3.07. The first-order valence-electron chi connectivity index (χ1n) is 6.58. The molecule has 1 aliphatic rings.